The van der Waals surface area contributed by atoms with Crippen LogP contribution in [0.3, 0.4) is 0 Å². The van der Waals surface area contributed by atoms with Gasteiger partial charge in [0.1, 0.15) is 5.58 Å². The number of para-hydroxylation sites is 1. The smallest absolute Gasteiger partial charge is 0.295 e. The minimum absolute atomic E-state index is 0.161. The molecule has 0 fully saturated rings. The SMILES string of the molecule is Nc1nc(CS(=O)(=O)c2ccc(Cl)cc2NS(=O)(=O)c2cc3ccccc3o2)cs1. The number of hydrogen-bond acceptors (Lipinski definition) is 8. The van der Waals surface area contributed by atoms with Crippen molar-refractivity contribution in [1.29, 1.82) is 0 Å². The van der Waals surface area contributed by atoms with Crippen molar-refractivity contribution in [3.05, 3.63) is 64.6 Å². The second-order valence-corrected chi connectivity index (χ2v) is 11.2. The molecular formula is C18H14ClN3O5S3. The normalized spacial score (nSPS) is 12.3. The van der Waals surface area contributed by atoms with E-state index in [1.54, 1.807) is 24.3 Å². The Kier molecular flexibility index (Phi) is 5.22. The van der Waals surface area contributed by atoms with E-state index in [-0.39, 0.29) is 31.5 Å². The van der Waals surface area contributed by atoms with Crippen LogP contribution in [0.4, 0.5) is 10.8 Å². The van der Waals surface area contributed by atoms with E-state index in [4.69, 9.17) is 21.8 Å². The van der Waals surface area contributed by atoms with Gasteiger partial charge in [0, 0.05) is 21.9 Å². The molecule has 0 aliphatic heterocycles. The fraction of sp³-hybridized carbons (Fsp3) is 0.0556. The minimum atomic E-state index is -4.22. The lowest BCUT2D eigenvalue weighted by Gasteiger charge is -2.12. The van der Waals surface area contributed by atoms with Crippen molar-refractivity contribution in [3.8, 4) is 0 Å². The summed E-state index contributed by atoms with van der Waals surface area (Å²) in [6.07, 6.45) is 0. The zero-order valence-corrected chi connectivity index (χ0v) is 18.3. The third kappa shape index (κ3) is 4.15. The number of sulfone groups is 1. The predicted octanol–water partition coefficient (Wildman–Crippen LogP) is 3.90. The van der Waals surface area contributed by atoms with Gasteiger partial charge in [-0.3, -0.25) is 4.72 Å². The third-order valence-corrected chi connectivity index (χ3v) is 7.98. The van der Waals surface area contributed by atoms with Crippen molar-refractivity contribution in [2.75, 3.05) is 10.5 Å². The van der Waals surface area contributed by atoms with Crippen LogP contribution in [0.1, 0.15) is 5.69 Å². The molecule has 0 amide bonds. The number of halogens is 1. The molecule has 2 heterocycles. The van der Waals surface area contributed by atoms with E-state index >= 15 is 0 Å². The van der Waals surface area contributed by atoms with Crippen LogP contribution < -0.4 is 10.5 Å². The van der Waals surface area contributed by atoms with Crippen LogP contribution in [-0.4, -0.2) is 21.8 Å². The number of nitrogen functional groups attached to an aromatic ring is 1. The van der Waals surface area contributed by atoms with Crippen LogP contribution in [0.5, 0.6) is 0 Å². The van der Waals surface area contributed by atoms with Crippen LogP contribution in [0, 0.1) is 0 Å². The Morgan fingerprint density at radius 1 is 1.10 bits per heavy atom. The molecule has 12 heteroatoms. The Morgan fingerprint density at radius 3 is 2.57 bits per heavy atom. The molecule has 0 bridgehead atoms. The Balaban J connectivity index is 1.73. The summed E-state index contributed by atoms with van der Waals surface area (Å²) < 4.78 is 59.2. The van der Waals surface area contributed by atoms with E-state index in [9.17, 15) is 16.8 Å². The number of nitrogens with zero attached hydrogens (tertiary/aromatic N) is 1. The number of anilines is 2. The quantitative estimate of drug-likeness (QED) is 0.425. The van der Waals surface area contributed by atoms with E-state index in [1.807, 2.05) is 0 Å². The van der Waals surface area contributed by atoms with Gasteiger partial charge in [0.15, 0.2) is 15.0 Å². The maximum Gasteiger partial charge on any atom is 0.295 e. The third-order valence-electron chi connectivity index (χ3n) is 4.10. The molecule has 0 aliphatic rings. The maximum atomic E-state index is 12.9. The summed E-state index contributed by atoms with van der Waals surface area (Å²) in [7, 11) is -8.17. The van der Waals surface area contributed by atoms with Gasteiger partial charge in [0.05, 0.1) is 22.0 Å². The summed E-state index contributed by atoms with van der Waals surface area (Å²) in [6, 6.07) is 12.0. The van der Waals surface area contributed by atoms with E-state index < -0.39 is 25.6 Å². The number of nitrogens with two attached hydrogens (primary N) is 1. The molecule has 0 atom stereocenters. The van der Waals surface area contributed by atoms with Crippen molar-refractivity contribution >= 4 is 64.6 Å². The lowest BCUT2D eigenvalue weighted by molar-refractivity contribution is 0.484. The van der Waals surface area contributed by atoms with Crippen LogP contribution in [-0.2, 0) is 25.6 Å². The first-order valence-corrected chi connectivity index (χ1v) is 12.8. The average molecular weight is 484 g/mol. The number of fused-ring (bicyclic) bond motifs is 1. The van der Waals surface area contributed by atoms with Gasteiger partial charge in [-0.1, -0.05) is 29.8 Å². The molecule has 0 saturated carbocycles. The number of rotatable bonds is 6. The highest BCUT2D eigenvalue weighted by atomic mass is 35.5. The number of furan rings is 1. The molecule has 4 rings (SSSR count). The lowest BCUT2D eigenvalue weighted by atomic mass is 10.3. The summed E-state index contributed by atoms with van der Waals surface area (Å²) in [5.41, 5.74) is 6.02. The van der Waals surface area contributed by atoms with Crippen LogP contribution in [0.15, 0.2) is 68.3 Å². The monoisotopic (exact) mass is 483 g/mol. The maximum absolute atomic E-state index is 12.9. The number of benzene rings is 2. The largest absolute Gasteiger partial charge is 0.443 e. The Bertz CT molecular complexity index is 1430. The first kappa shape index (κ1) is 20.7. The lowest BCUT2D eigenvalue weighted by Crippen LogP contribution is -2.16. The molecule has 0 spiro atoms. The second-order valence-electron chi connectivity index (χ2n) is 6.29. The summed E-state index contributed by atoms with van der Waals surface area (Å²) >= 11 is 7.10. The van der Waals surface area contributed by atoms with Gasteiger partial charge in [-0.05, 0) is 24.3 Å². The molecule has 8 nitrogen and oxygen atoms in total. The highest BCUT2D eigenvalue weighted by molar-refractivity contribution is 7.93. The van der Waals surface area contributed by atoms with Crippen molar-refractivity contribution in [2.45, 2.75) is 15.7 Å². The number of thiazole rings is 1. The standard InChI is InChI=1S/C18H14ClN3O5S3/c19-12-5-6-16(29(23,24)10-13-9-28-18(20)21-13)14(8-12)22-30(25,26)17-7-11-3-1-2-4-15(11)27-17/h1-9,22H,10H2,(H2,20,21). The fourth-order valence-corrected chi connectivity index (χ4v) is 6.16. The molecular weight excluding hydrogens is 470 g/mol. The van der Waals surface area contributed by atoms with Gasteiger partial charge in [-0.2, -0.15) is 8.42 Å². The predicted molar refractivity (Wildman–Crippen MR) is 116 cm³/mol. The molecule has 30 heavy (non-hydrogen) atoms. The Hall–Kier alpha value is -2.60. The number of nitrogens with one attached hydrogen (secondary N) is 1. The first-order chi connectivity index (χ1) is 14.1. The molecule has 3 N–H and O–H groups in total. The average Bonchev–Trinajstić information content (AvgIpc) is 3.27. The van der Waals surface area contributed by atoms with Crippen molar-refractivity contribution in [1.82, 2.24) is 4.98 Å². The molecule has 0 saturated heterocycles. The fourth-order valence-electron chi connectivity index (χ4n) is 2.80. The zero-order valence-electron chi connectivity index (χ0n) is 15.1. The number of aromatic nitrogens is 1. The summed E-state index contributed by atoms with van der Waals surface area (Å²) in [5.74, 6) is -0.443. The molecule has 156 valence electrons. The van der Waals surface area contributed by atoms with Crippen molar-refractivity contribution < 1.29 is 21.3 Å². The van der Waals surface area contributed by atoms with E-state index in [1.165, 1.54) is 29.6 Å². The Labute approximate surface area is 181 Å². The van der Waals surface area contributed by atoms with Crippen molar-refractivity contribution in [3.63, 3.8) is 0 Å². The summed E-state index contributed by atoms with van der Waals surface area (Å²) in [4.78, 5) is 3.71. The molecule has 0 radical (unpaired) electrons. The molecule has 0 aliphatic carbocycles. The second kappa shape index (κ2) is 7.58. The van der Waals surface area contributed by atoms with Gasteiger partial charge in [-0.15, -0.1) is 11.3 Å². The topological polar surface area (TPSA) is 132 Å². The Morgan fingerprint density at radius 2 is 1.87 bits per heavy atom. The van der Waals surface area contributed by atoms with Crippen LogP contribution in [0.25, 0.3) is 11.0 Å². The number of sulfonamides is 1. The van der Waals surface area contributed by atoms with Crippen molar-refractivity contribution in [2.24, 2.45) is 0 Å². The molecule has 2 aromatic carbocycles. The van der Waals surface area contributed by atoms with Gasteiger partial charge in [-0.25, -0.2) is 13.4 Å². The summed E-state index contributed by atoms with van der Waals surface area (Å²) in [5, 5.41) is 2.18. The highest BCUT2D eigenvalue weighted by Crippen LogP contribution is 2.31. The van der Waals surface area contributed by atoms with Gasteiger partial charge in [0.25, 0.3) is 10.0 Å². The van der Waals surface area contributed by atoms with E-state index in [0.717, 1.165) is 11.3 Å². The first-order valence-electron chi connectivity index (χ1n) is 8.38. The van der Waals surface area contributed by atoms with Gasteiger partial charge in [0.2, 0.25) is 5.09 Å². The molecule has 2 aromatic heterocycles. The molecule has 0 unspecified atom stereocenters. The van der Waals surface area contributed by atoms with Gasteiger partial charge < -0.3 is 10.2 Å². The zero-order chi connectivity index (χ0) is 21.5. The molecule has 4 aromatic rings. The summed E-state index contributed by atoms with van der Waals surface area (Å²) in [6.45, 7) is 0. The highest BCUT2D eigenvalue weighted by Gasteiger charge is 2.26. The van der Waals surface area contributed by atoms with Crippen LogP contribution in [0.2, 0.25) is 5.02 Å². The number of hydrogen-bond donors (Lipinski definition) is 2. The van der Waals surface area contributed by atoms with Gasteiger partial charge >= 0.3 is 0 Å². The van der Waals surface area contributed by atoms with Crippen LogP contribution >= 0.6 is 22.9 Å². The minimum Gasteiger partial charge on any atom is -0.443 e. The van der Waals surface area contributed by atoms with E-state index in [0.29, 0.717) is 11.0 Å². The van der Waals surface area contributed by atoms with E-state index in [2.05, 4.69) is 9.71 Å².